The minimum absolute atomic E-state index is 0.0491. The Morgan fingerprint density at radius 3 is 2.62 bits per heavy atom. The summed E-state index contributed by atoms with van der Waals surface area (Å²) in [6, 6.07) is 0.185. The quantitative estimate of drug-likeness (QED) is 0.411. The molecule has 0 unspecified atom stereocenters. The number of alkyl halides is 2. The molecule has 9 heteroatoms. The first-order valence-corrected chi connectivity index (χ1v) is 11.5. The lowest BCUT2D eigenvalue weighted by Gasteiger charge is -2.26. The van der Waals surface area contributed by atoms with Gasteiger partial charge in [-0.3, -0.25) is 4.79 Å². The molecule has 1 atom stereocenters. The van der Waals surface area contributed by atoms with Crippen LogP contribution in [0.5, 0.6) is 11.5 Å². The standard InChI is InChI=1S/C28H30F3NO5/c1-4-26(2,3)24-10-17-9-16(20(29)13-21(17)32(24)14-19(34)15-33)11-25(35)27(7-8-27)18-5-6-22-23(12-18)37-28(30,31)36-22/h5-6,9-10,12-13,19,33-34H,4,7-8,11,14-15H2,1-3H3/t19-/m1/s1/i5D,6D,7D2,8D2,12D,14D2. The van der Waals surface area contributed by atoms with Gasteiger partial charge in [0.25, 0.3) is 0 Å². The van der Waals surface area contributed by atoms with Gasteiger partial charge in [0.05, 0.1) is 37.0 Å². The molecule has 0 saturated heterocycles. The number of ether oxygens (including phenoxy) is 2. The summed E-state index contributed by atoms with van der Waals surface area (Å²) in [5.74, 6) is -4.54. The predicted octanol–water partition coefficient (Wildman–Crippen LogP) is 4.99. The van der Waals surface area contributed by atoms with E-state index in [1.807, 2.05) is 6.92 Å². The number of fused-ring (bicyclic) bond motifs is 2. The second kappa shape index (κ2) is 8.77. The Hall–Kier alpha value is -3.04. The van der Waals surface area contributed by atoms with E-state index in [4.69, 9.17) is 12.3 Å². The minimum Gasteiger partial charge on any atom is -0.395 e. The van der Waals surface area contributed by atoms with Crippen LogP contribution >= 0.6 is 0 Å². The second-order valence-corrected chi connectivity index (χ2v) is 9.61. The fourth-order valence-corrected chi connectivity index (χ4v) is 4.16. The third kappa shape index (κ3) is 4.48. The van der Waals surface area contributed by atoms with Crippen molar-refractivity contribution >= 4 is 16.7 Å². The van der Waals surface area contributed by atoms with Gasteiger partial charge in [-0.1, -0.05) is 26.8 Å². The number of aliphatic hydroxyl groups excluding tert-OH is 2. The molecule has 5 rings (SSSR count). The Bertz CT molecular complexity index is 1780. The van der Waals surface area contributed by atoms with E-state index < -0.39 is 108 Å². The number of carbonyl (C=O) groups excluding carboxylic acids is 1. The lowest BCUT2D eigenvalue weighted by atomic mass is 9.86. The number of ketones is 1. The van der Waals surface area contributed by atoms with Gasteiger partial charge in [0.1, 0.15) is 11.6 Å². The van der Waals surface area contributed by atoms with Crippen LogP contribution in [0.3, 0.4) is 0 Å². The van der Waals surface area contributed by atoms with Crippen LogP contribution in [0, 0.1) is 5.82 Å². The molecule has 1 aromatic heterocycles. The van der Waals surface area contributed by atoms with Gasteiger partial charge in [0, 0.05) is 28.4 Å². The molecule has 0 radical (unpaired) electrons. The number of hydrogen-bond acceptors (Lipinski definition) is 5. The third-order valence-corrected chi connectivity index (χ3v) is 6.70. The van der Waals surface area contributed by atoms with Crippen LogP contribution in [-0.4, -0.2) is 39.6 Å². The zero-order chi connectivity index (χ0) is 34.7. The molecule has 198 valence electrons. The van der Waals surface area contributed by atoms with Crippen LogP contribution in [0.1, 0.15) is 69.1 Å². The molecule has 2 N–H and O–H groups in total. The van der Waals surface area contributed by atoms with Crippen LogP contribution in [0.15, 0.2) is 36.3 Å². The van der Waals surface area contributed by atoms with Crippen molar-refractivity contribution in [3.05, 3.63) is 59.0 Å². The second-order valence-electron chi connectivity index (χ2n) is 9.61. The maximum absolute atomic E-state index is 15.8. The van der Waals surface area contributed by atoms with Crippen LogP contribution in [0.25, 0.3) is 10.9 Å². The number of halogens is 3. The van der Waals surface area contributed by atoms with Gasteiger partial charge >= 0.3 is 6.29 Å². The van der Waals surface area contributed by atoms with Crippen molar-refractivity contribution < 1.29 is 50.0 Å². The SMILES string of the molecule is [2H]c1c([2H])c(C2(C(=O)Cc3cc4cc(C(C)(C)CC)n(C([2H])([2H])[C@@H](O)CO)c4cc3F)C([2H])([2H])C2([2H])[2H])c([2H])c2c1OC(F)(F)O2. The number of carbonyl (C=O) groups is 1. The van der Waals surface area contributed by atoms with Crippen molar-refractivity contribution in [2.75, 3.05) is 6.61 Å². The lowest BCUT2D eigenvalue weighted by molar-refractivity contribution is -0.286. The summed E-state index contributed by atoms with van der Waals surface area (Å²) >= 11 is 0. The van der Waals surface area contributed by atoms with Gasteiger partial charge < -0.3 is 24.3 Å². The van der Waals surface area contributed by atoms with Gasteiger partial charge in [-0.05, 0) is 60.6 Å². The molecule has 2 aliphatic rings. The molecule has 2 heterocycles. The summed E-state index contributed by atoms with van der Waals surface area (Å²) in [6.07, 6.45) is -13.1. The number of benzene rings is 2. The van der Waals surface area contributed by atoms with Crippen LogP contribution in [0.4, 0.5) is 13.2 Å². The first-order chi connectivity index (χ1) is 21.0. The molecule has 3 aromatic rings. The average Bonchev–Trinajstić information content (AvgIpc) is 3.31. The molecule has 1 aliphatic heterocycles. The molecule has 6 nitrogen and oxygen atoms in total. The Labute approximate surface area is 225 Å². The van der Waals surface area contributed by atoms with Crippen molar-refractivity contribution in [1.29, 1.82) is 0 Å². The lowest BCUT2D eigenvalue weighted by Crippen LogP contribution is -2.26. The molecule has 37 heavy (non-hydrogen) atoms. The molecule has 1 saturated carbocycles. The van der Waals surface area contributed by atoms with Gasteiger partial charge in [0.15, 0.2) is 11.5 Å². The van der Waals surface area contributed by atoms with E-state index in [0.717, 1.165) is 16.7 Å². The average molecular weight is 527 g/mol. The number of aromatic nitrogens is 1. The Balaban J connectivity index is 1.68. The summed E-state index contributed by atoms with van der Waals surface area (Å²) in [4.78, 5) is 14.0. The smallest absolute Gasteiger partial charge is 0.395 e. The minimum atomic E-state index is -4.35. The van der Waals surface area contributed by atoms with E-state index in [1.54, 1.807) is 13.8 Å². The first kappa shape index (κ1) is 16.7. The highest BCUT2D eigenvalue weighted by atomic mass is 19.3. The summed E-state index contributed by atoms with van der Waals surface area (Å²) in [5, 5.41) is 20.0. The van der Waals surface area contributed by atoms with E-state index in [1.165, 1.54) is 6.07 Å². The molecular weight excluding hydrogens is 487 g/mol. The van der Waals surface area contributed by atoms with Crippen LogP contribution < -0.4 is 9.47 Å². The van der Waals surface area contributed by atoms with E-state index >= 15 is 4.39 Å². The molecule has 0 spiro atoms. The predicted molar refractivity (Wildman–Crippen MR) is 131 cm³/mol. The molecule has 1 fully saturated rings. The monoisotopic (exact) mass is 526 g/mol. The highest BCUT2D eigenvalue weighted by Crippen LogP contribution is 2.52. The molecule has 0 bridgehead atoms. The summed E-state index contributed by atoms with van der Waals surface area (Å²) in [5.41, 5.74) is -4.90. The largest absolute Gasteiger partial charge is 0.586 e. The molecular formula is C28H30F3NO5. The third-order valence-electron chi connectivity index (χ3n) is 6.70. The Kier molecular flexibility index (Phi) is 3.97. The summed E-state index contributed by atoms with van der Waals surface area (Å²) in [6.45, 7) is 1.81. The fourth-order valence-electron chi connectivity index (χ4n) is 4.16. The topological polar surface area (TPSA) is 80.9 Å². The summed E-state index contributed by atoms with van der Waals surface area (Å²) < 4.78 is 129. The van der Waals surface area contributed by atoms with Crippen molar-refractivity contribution in [2.45, 2.75) is 76.1 Å². The van der Waals surface area contributed by atoms with Crippen molar-refractivity contribution in [2.24, 2.45) is 0 Å². The number of hydrogen-bond donors (Lipinski definition) is 2. The highest BCUT2D eigenvalue weighted by molar-refractivity contribution is 5.95. The van der Waals surface area contributed by atoms with E-state index in [2.05, 4.69) is 9.47 Å². The van der Waals surface area contributed by atoms with Crippen LogP contribution in [0.2, 0.25) is 0 Å². The number of nitrogens with zero attached hydrogens (tertiary/aromatic N) is 1. The highest BCUT2D eigenvalue weighted by Gasteiger charge is 2.52. The van der Waals surface area contributed by atoms with Gasteiger partial charge in [-0.25, -0.2) is 4.39 Å². The van der Waals surface area contributed by atoms with Gasteiger partial charge in [0.2, 0.25) is 0 Å². The Morgan fingerprint density at radius 2 is 1.97 bits per heavy atom. The normalized spacial score (nSPS) is 24.9. The summed E-state index contributed by atoms with van der Waals surface area (Å²) in [7, 11) is 0. The Morgan fingerprint density at radius 1 is 1.27 bits per heavy atom. The fraction of sp³-hybridized carbons (Fsp3) is 0.464. The van der Waals surface area contributed by atoms with Crippen molar-refractivity contribution in [3.63, 3.8) is 0 Å². The number of Topliss-reactive ketones (excluding diaryl/α,β-unsaturated/α-hetero) is 1. The molecule has 1 aliphatic carbocycles. The van der Waals surface area contributed by atoms with Gasteiger partial charge in [-0.15, -0.1) is 8.78 Å². The maximum Gasteiger partial charge on any atom is 0.586 e. The van der Waals surface area contributed by atoms with E-state index in [-0.39, 0.29) is 10.9 Å². The zero-order valence-electron chi connectivity index (χ0n) is 29.1. The van der Waals surface area contributed by atoms with Crippen LogP contribution in [-0.2, 0) is 28.5 Å². The van der Waals surface area contributed by atoms with E-state index in [0.29, 0.717) is 12.1 Å². The maximum atomic E-state index is 15.8. The van der Waals surface area contributed by atoms with Gasteiger partial charge in [-0.2, -0.15) is 0 Å². The molecule has 2 aromatic carbocycles. The van der Waals surface area contributed by atoms with Crippen molar-refractivity contribution in [3.8, 4) is 11.5 Å². The number of aliphatic hydroxyl groups is 2. The van der Waals surface area contributed by atoms with E-state index in [9.17, 15) is 23.8 Å². The number of rotatable bonds is 9. The molecule has 0 amide bonds. The first-order valence-electron chi connectivity index (χ1n) is 16.0. The van der Waals surface area contributed by atoms with Crippen molar-refractivity contribution in [1.82, 2.24) is 4.57 Å². The zero-order valence-corrected chi connectivity index (χ0v) is 20.1.